The number of aromatic nitrogens is 1. The first-order valence-electron chi connectivity index (χ1n) is 8.18. The molecule has 1 N–H and O–H groups in total. The molecule has 0 bridgehead atoms. The molecule has 0 aliphatic rings. The maximum absolute atomic E-state index is 12.5. The minimum Gasteiger partial charge on any atom is -0.508 e. The summed E-state index contributed by atoms with van der Waals surface area (Å²) < 4.78 is 15.8. The van der Waals surface area contributed by atoms with Crippen LogP contribution < -0.4 is 5.63 Å². The van der Waals surface area contributed by atoms with Gasteiger partial charge < -0.3 is 18.8 Å². The average Bonchev–Trinajstić information content (AvgIpc) is 2.98. The highest BCUT2D eigenvalue weighted by Gasteiger charge is 2.24. The van der Waals surface area contributed by atoms with Crippen LogP contribution in [0.4, 0.5) is 0 Å². The molecular formula is C19H19NO6. The molecule has 0 radical (unpaired) electrons. The van der Waals surface area contributed by atoms with Crippen molar-refractivity contribution in [3.63, 3.8) is 0 Å². The molecule has 1 aromatic carbocycles. The third kappa shape index (κ3) is 3.08. The maximum Gasteiger partial charge on any atom is 0.344 e. The second-order valence-corrected chi connectivity index (χ2v) is 6.42. The zero-order valence-electron chi connectivity index (χ0n) is 15.0. The predicted octanol–water partition coefficient (Wildman–Crippen LogP) is 3.58. The smallest absolute Gasteiger partial charge is 0.344 e. The molecule has 136 valence electrons. The number of aryl methyl sites for hydroxylation is 2. The molecule has 3 rings (SSSR count). The zero-order chi connectivity index (χ0) is 19.0. The third-order valence-electron chi connectivity index (χ3n) is 4.19. The fourth-order valence-corrected chi connectivity index (χ4v) is 2.78. The van der Waals surface area contributed by atoms with Crippen LogP contribution in [0.2, 0.25) is 0 Å². The van der Waals surface area contributed by atoms with Gasteiger partial charge >= 0.3 is 11.6 Å². The van der Waals surface area contributed by atoms with Crippen LogP contribution in [0.15, 0.2) is 31.9 Å². The van der Waals surface area contributed by atoms with Crippen LogP contribution in [0.3, 0.4) is 0 Å². The van der Waals surface area contributed by atoms with E-state index in [0.29, 0.717) is 33.5 Å². The van der Waals surface area contributed by atoms with Crippen molar-refractivity contribution in [2.45, 2.75) is 40.2 Å². The van der Waals surface area contributed by atoms with Crippen LogP contribution in [-0.4, -0.2) is 16.2 Å². The third-order valence-corrected chi connectivity index (χ3v) is 4.19. The number of hydrogen-bond donors (Lipinski definition) is 1. The van der Waals surface area contributed by atoms with Crippen molar-refractivity contribution >= 4 is 16.9 Å². The second kappa shape index (κ2) is 6.67. The lowest BCUT2D eigenvalue weighted by Crippen LogP contribution is -2.10. The van der Waals surface area contributed by atoms with Crippen molar-refractivity contribution in [1.29, 1.82) is 0 Å². The Morgan fingerprint density at radius 2 is 2.04 bits per heavy atom. The van der Waals surface area contributed by atoms with E-state index < -0.39 is 11.6 Å². The van der Waals surface area contributed by atoms with Crippen molar-refractivity contribution < 1.29 is 23.6 Å². The van der Waals surface area contributed by atoms with Gasteiger partial charge in [0.05, 0.1) is 5.69 Å². The van der Waals surface area contributed by atoms with Crippen LogP contribution in [-0.2, 0) is 11.3 Å². The summed E-state index contributed by atoms with van der Waals surface area (Å²) in [7, 11) is 0. The SMILES string of the molecule is Cc1noc(C(C)C)c1C(=O)OCc1cc(=O)oc2c(C)c(O)ccc12. The summed E-state index contributed by atoms with van der Waals surface area (Å²) in [5.74, 6) is -0.0968. The Labute approximate surface area is 149 Å². The highest BCUT2D eigenvalue weighted by Crippen LogP contribution is 2.28. The minimum absolute atomic E-state index is 0.0195. The Hall–Kier alpha value is -3.09. The fourth-order valence-electron chi connectivity index (χ4n) is 2.78. The number of hydrogen-bond acceptors (Lipinski definition) is 7. The molecule has 0 spiro atoms. The van der Waals surface area contributed by atoms with E-state index in [2.05, 4.69) is 5.16 Å². The monoisotopic (exact) mass is 357 g/mol. The Balaban J connectivity index is 1.94. The van der Waals surface area contributed by atoms with Crippen molar-refractivity contribution in [3.05, 3.63) is 56.8 Å². The topological polar surface area (TPSA) is 103 Å². The van der Waals surface area contributed by atoms with Gasteiger partial charge in [-0.05, 0) is 26.0 Å². The molecule has 0 aliphatic carbocycles. The first kappa shape index (κ1) is 17.7. The van der Waals surface area contributed by atoms with Gasteiger partial charge in [-0.1, -0.05) is 19.0 Å². The molecule has 0 saturated carbocycles. The van der Waals surface area contributed by atoms with E-state index >= 15 is 0 Å². The minimum atomic E-state index is -0.582. The van der Waals surface area contributed by atoms with Crippen LogP contribution in [0.5, 0.6) is 5.75 Å². The molecule has 0 aliphatic heterocycles. The predicted molar refractivity (Wildman–Crippen MR) is 93.3 cm³/mol. The maximum atomic E-state index is 12.5. The molecule has 0 unspecified atom stereocenters. The highest BCUT2D eigenvalue weighted by atomic mass is 16.5. The van der Waals surface area contributed by atoms with E-state index in [9.17, 15) is 14.7 Å². The summed E-state index contributed by atoms with van der Waals surface area (Å²) >= 11 is 0. The van der Waals surface area contributed by atoms with Crippen LogP contribution in [0, 0.1) is 13.8 Å². The number of phenolic OH excluding ortho intramolecular Hbond substituents is 1. The van der Waals surface area contributed by atoms with E-state index in [1.54, 1.807) is 19.9 Å². The molecule has 0 saturated heterocycles. The van der Waals surface area contributed by atoms with Gasteiger partial charge in [0.2, 0.25) is 0 Å². The lowest BCUT2D eigenvalue weighted by Gasteiger charge is -2.10. The van der Waals surface area contributed by atoms with Gasteiger partial charge in [0, 0.05) is 28.5 Å². The summed E-state index contributed by atoms with van der Waals surface area (Å²) in [4.78, 5) is 24.3. The number of ether oxygens (including phenoxy) is 1. The van der Waals surface area contributed by atoms with Gasteiger partial charge in [0.1, 0.15) is 23.5 Å². The second-order valence-electron chi connectivity index (χ2n) is 6.42. The van der Waals surface area contributed by atoms with Gasteiger partial charge in [0.15, 0.2) is 5.76 Å². The van der Waals surface area contributed by atoms with Crippen LogP contribution in [0.25, 0.3) is 11.0 Å². The van der Waals surface area contributed by atoms with E-state index in [4.69, 9.17) is 13.7 Å². The molecule has 7 nitrogen and oxygen atoms in total. The van der Waals surface area contributed by atoms with Gasteiger partial charge in [0.25, 0.3) is 0 Å². The molecule has 0 amide bonds. The summed E-state index contributed by atoms with van der Waals surface area (Å²) in [6, 6.07) is 4.40. The van der Waals surface area contributed by atoms with Crippen molar-refractivity contribution in [2.75, 3.05) is 0 Å². The molecular weight excluding hydrogens is 338 g/mol. The summed E-state index contributed by atoms with van der Waals surface area (Å²) in [5, 5.41) is 14.2. The molecule has 26 heavy (non-hydrogen) atoms. The number of nitrogens with zero attached hydrogens (tertiary/aromatic N) is 1. The summed E-state index contributed by atoms with van der Waals surface area (Å²) in [6.45, 7) is 6.98. The van der Waals surface area contributed by atoms with E-state index in [1.165, 1.54) is 12.1 Å². The number of fused-ring (bicyclic) bond motifs is 1. The molecule has 2 heterocycles. The lowest BCUT2D eigenvalue weighted by molar-refractivity contribution is 0.0470. The molecule has 2 aromatic heterocycles. The van der Waals surface area contributed by atoms with Gasteiger partial charge in [-0.15, -0.1) is 0 Å². The van der Waals surface area contributed by atoms with Crippen molar-refractivity contribution in [3.8, 4) is 5.75 Å². The number of aromatic hydroxyl groups is 1. The zero-order valence-corrected chi connectivity index (χ0v) is 15.0. The highest BCUT2D eigenvalue weighted by molar-refractivity contribution is 5.92. The number of benzene rings is 1. The van der Waals surface area contributed by atoms with Crippen molar-refractivity contribution in [1.82, 2.24) is 5.16 Å². The standard InChI is InChI=1S/C19H19NO6/c1-9(2)17-16(11(4)20-26-17)19(23)24-8-12-7-15(22)25-18-10(3)14(21)6-5-13(12)18/h5-7,9,21H,8H2,1-4H3. The lowest BCUT2D eigenvalue weighted by atomic mass is 10.1. The largest absolute Gasteiger partial charge is 0.508 e. The van der Waals surface area contributed by atoms with Crippen LogP contribution in [0.1, 0.15) is 52.7 Å². The van der Waals surface area contributed by atoms with Gasteiger partial charge in [-0.2, -0.15) is 0 Å². The number of phenols is 1. The van der Waals surface area contributed by atoms with E-state index in [0.717, 1.165) is 0 Å². The Bertz CT molecular complexity index is 1040. The van der Waals surface area contributed by atoms with E-state index in [1.807, 2.05) is 13.8 Å². The average molecular weight is 357 g/mol. The number of carbonyl (C=O) groups is 1. The first-order valence-corrected chi connectivity index (χ1v) is 8.18. The number of rotatable bonds is 4. The summed E-state index contributed by atoms with van der Waals surface area (Å²) in [5.41, 5.74) is 1.39. The normalized spacial score (nSPS) is 11.3. The van der Waals surface area contributed by atoms with E-state index in [-0.39, 0.29) is 23.9 Å². The van der Waals surface area contributed by atoms with Crippen molar-refractivity contribution in [2.24, 2.45) is 0 Å². The molecule has 7 heteroatoms. The molecule has 0 atom stereocenters. The number of carbonyl (C=O) groups excluding carboxylic acids is 1. The molecule has 3 aromatic rings. The Kier molecular flexibility index (Phi) is 4.54. The summed E-state index contributed by atoms with van der Waals surface area (Å²) in [6.07, 6.45) is 0. The molecule has 0 fully saturated rings. The van der Waals surface area contributed by atoms with Gasteiger partial charge in [-0.25, -0.2) is 9.59 Å². The van der Waals surface area contributed by atoms with Crippen LogP contribution >= 0.6 is 0 Å². The Morgan fingerprint density at radius 3 is 2.73 bits per heavy atom. The van der Waals surface area contributed by atoms with Gasteiger partial charge in [-0.3, -0.25) is 0 Å². The fraction of sp³-hybridized carbons (Fsp3) is 0.316. The number of esters is 1. The quantitative estimate of drug-likeness (QED) is 0.562. The Morgan fingerprint density at radius 1 is 1.31 bits per heavy atom. The first-order chi connectivity index (χ1) is 12.3.